The standard InChI is InChI=1S/2C17H24FNO3/c2*1-17(2,3)22-16(20)19-12-14(11-18)6-5-13-7-9-15(21-4)10-8-13/h2*7-11H,5-6,12H2,1-4H3,(H,19,20)/b14-11+;14-11-. The second-order valence-electron chi connectivity index (χ2n) is 11.9. The van der Waals surface area contributed by atoms with Gasteiger partial charge in [0.05, 0.1) is 26.9 Å². The van der Waals surface area contributed by atoms with E-state index in [0.29, 0.717) is 49.5 Å². The smallest absolute Gasteiger partial charge is 0.407 e. The monoisotopic (exact) mass is 618 g/mol. The Morgan fingerprint density at radius 3 is 1.20 bits per heavy atom. The van der Waals surface area contributed by atoms with Gasteiger partial charge in [-0.05, 0) is 114 Å². The van der Waals surface area contributed by atoms with E-state index < -0.39 is 23.4 Å². The first-order chi connectivity index (χ1) is 20.7. The quantitative estimate of drug-likeness (QED) is 0.250. The Morgan fingerprint density at radius 1 is 0.636 bits per heavy atom. The van der Waals surface area contributed by atoms with E-state index in [2.05, 4.69) is 10.6 Å². The number of halogens is 2. The predicted octanol–water partition coefficient (Wildman–Crippen LogP) is 8.01. The molecule has 0 atom stereocenters. The summed E-state index contributed by atoms with van der Waals surface area (Å²) >= 11 is 0. The maximum absolute atomic E-state index is 12.9. The van der Waals surface area contributed by atoms with Crippen LogP contribution in [0.5, 0.6) is 11.5 Å². The van der Waals surface area contributed by atoms with Gasteiger partial charge in [0, 0.05) is 13.1 Å². The molecule has 0 spiro atoms. The van der Waals surface area contributed by atoms with Gasteiger partial charge in [0.1, 0.15) is 22.7 Å². The second kappa shape index (κ2) is 19.2. The van der Waals surface area contributed by atoms with Crippen molar-refractivity contribution in [2.24, 2.45) is 0 Å². The average molecular weight is 619 g/mol. The maximum Gasteiger partial charge on any atom is 0.407 e. The van der Waals surface area contributed by atoms with E-state index in [1.807, 2.05) is 48.5 Å². The number of ether oxygens (including phenoxy) is 4. The Kier molecular flexibility index (Phi) is 16.6. The van der Waals surface area contributed by atoms with Crippen molar-refractivity contribution in [2.45, 2.75) is 78.4 Å². The van der Waals surface area contributed by atoms with E-state index >= 15 is 0 Å². The largest absolute Gasteiger partial charge is 0.497 e. The molecule has 0 unspecified atom stereocenters. The van der Waals surface area contributed by atoms with E-state index in [4.69, 9.17) is 18.9 Å². The Bertz CT molecular complexity index is 1100. The number of hydrogen-bond acceptors (Lipinski definition) is 6. The van der Waals surface area contributed by atoms with Crippen LogP contribution in [0, 0.1) is 0 Å². The molecule has 2 rings (SSSR count). The molecule has 244 valence electrons. The van der Waals surface area contributed by atoms with Crippen LogP contribution in [0.2, 0.25) is 0 Å². The Hall–Kier alpha value is -4.08. The zero-order chi connectivity index (χ0) is 33.2. The molecule has 0 aliphatic heterocycles. The first-order valence-corrected chi connectivity index (χ1v) is 14.4. The van der Waals surface area contributed by atoms with Crippen molar-refractivity contribution in [3.63, 3.8) is 0 Å². The fraction of sp³-hybridized carbons (Fsp3) is 0.471. The predicted molar refractivity (Wildman–Crippen MR) is 169 cm³/mol. The molecular weight excluding hydrogens is 570 g/mol. The average Bonchev–Trinajstić information content (AvgIpc) is 2.96. The van der Waals surface area contributed by atoms with Gasteiger partial charge in [-0.25, -0.2) is 18.4 Å². The third-order valence-corrected chi connectivity index (χ3v) is 5.81. The first-order valence-electron chi connectivity index (χ1n) is 14.4. The lowest BCUT2D eigenvalue weighted by molar-refractivity contribution is 0.0520. The lowest BCUT2D eigenvalue weighted by atomic mass is 10.1. The van der Waals surface area contributed by atoms with Gasteiger partial charge >= 0.3 is 12.2 Å². The van der Waals surface area contributed by atoms with Gasteiger partial charge in [-0.1, -0.05) is 24.3 Å². The molecule has 2 aromatic carbocycles. The molecule has 2 N–H and O–H groups in total. The highest BCUT2D eigenvalue weighted by Crippen LogP contribution is 2.16. The topological polar surface area (TPSA) is 95.1 Å². The third-order valence-electron chi connectivity index (χ3n) is 5.81. The minimum atomic E-state index is -0.563. The molecule has 0 saturated carbocycles. The molecule has 2 amide bonds. The number of carbonyl (C=O) groups excluding carboxylic acids is 2. The molecule has 0 heterocycles. The Balaban J connectivity index is 0.000000440. The van der Waals surface area contributed by atoms with Crippen molar-refractivity contribution in [3.05, 3.63) is 83.5 Å². The summed E-state index contributed by atoms with van der Waals surface area (Å²) in [6.45, 7) is 11.0. The van der Waals surface area contributed by atoms with Crippen LogP contribution in [0.1, 0.15) is 65.5 Å². The van der Waals surface area contributed by atoms with Gasteiger partial charge < -0.3 is 29.6 Å². The number of amides is 2. The van der Waals surface area contributed by atoms with Gasteiger partial charge in [-0.2, -0.15) is 0 Å². The van der Waals surface area contributed by atoms with E-state index in [9.17, 15) is 18.4 Å². The molecule has 0 aliphatic rings. The summed E-state index contributed by atoms with van der Waals surface area (Å²) in [6.07, 6.45) is 2.43. The van der Waals surface area contributed by atoms with Crippen LogP contribution >= 0.6 is 0 Å². The number of aryl methyl sites for hydroxylation is 2. The van der Waals surface area contributed by atoms with Crippen LogP contribution in [0.25, 0.3) is 0 Å². The third kappa shape index (κ3) is 17.8. The number of methoxy groups -OCH3 is 2. The highest BCUT2D eigenvalue weighted by Gasteiger charge is 2.17. The van der Waals surface area contributed by atoms with Crippen LogP contribution in [0.15, 0.2) is 72.3 Å². The molecule has 0 aliphatic carbocycles. The molecule has 0 fully saturated rings. The minimum absolute atomic E-state index is 0.140. The first kappa shape index (κ1) is 37.9. The highest BCUT2D eigenvalue weighted by atomic mass is 19.1. The Labute approximate surface area is 260 Å². The Morgan fingerprint density at radius 2 is 0.955 bits per heavy atom. The number of benzene rings is 2. The van der Waals surface area contributed by atoms with Crippen molar-refractivity contribution in [1.29, 1.82) is 0 Å². The van der Waals surface area contributed by atoms with Crippen molar-refractivity contribution < 1.29 is 37.3 Å². The number of rotatable bonds is 12. The van der Waals surface area contributed by atoms with Crippen LogP contribution in [0.4, 0.5) is 18.4 Å². The molecule has 8 nitrogen and oxygen atoms in total. The van der Waals surface area contributed by atoms with Crippen LogP contribution in [-0.2, 0) is 22.3 Å². The van der Waals surface area contributed by atoms with E-state index in [-0.39, 0.29) is 13.1 Å². The lowest BCUT2D eigenvalue weighted by Crippen LogP contribution is -2.33. The van der Waals surface area contributed by atoms with Crippen molar-refractivity contribution >= 4 is 12.2 Å². The molecular formula is C34H48F2N2O6. The summed E-state index contributed by atoms with van der Waals surface area (Å²) in [7, 11) is 3.22. The summed E-state index contributed by atoms with van der Waals surface area (Å²) in [5.41, 5.74) is 2.07. The van der Waals surface area contributed by atoms with Gasteiger partial charge in [0.25, 0.3) is 0 Å². The highest BCUT2D eigenvalue weighted by molar-refractivity contribution is 5.68. The van der Waals surface area contributed by atoms with Crippen LogP contribution in [0.3, 0.4) is 0 Å². The van der Waals surface area contributed by atoms with E-state index in [0.717, 1.165) is 22.6 Å². The van der Waals surface area contributed by atoms with Crippen LogP contribution < -0.4 is 20.1 Å². The zero-order valence-corrected chi connectivity index (χ0v) is 27.2. The zero-order valence-electron chi connectivity index (χ0n) is 27.2. The number of alkyl carbamates (subject to hydrolysis) is 2. The van der Waals surface area contributed by atoms with E-state index in [1.165, 1.54) is 0 Å². The number of hydrogen-bond donors (Lipinski definition) is 2. The second-order valence-corrected chi connectivity index (χ2v) is 11.9. The molecule has 44 heavy (non-hydrogen) atoms. The lowest BCUT2D eigenvalue weighted by Gasteiger charge is -2.20. The normalized spacial score (nSPS) is 12.0. The van der Waals surface area contributed by atoms with Gasteiger partial charge in [0.2, 0.25) is 0 Å². The number of carbonyl (C=O) groups is 2. The molecule has 2 aromatic rings. The SMILES string of the molecule is COc1ccc(CC/C(=C/F)CNC(=O)OC(C)(C)C)cc1.COc1ccc(CC/C(=C\F)CNC(=O)OC(C)(C)C)cc1. The number of nitrogens with one attached hydrogen (secondary N) is 2. The molecule has 0 radical (unpaired) electrons. The summed E-state index contributed by atoms with van der Waals surface area (Å²) in [4.78, 5) is 23.1. The summed E-state index contributed by atoms with van der Waals surface area (Å²) in [5, 5.41) is 5.11. The van der Waals surface area contributed by atoms with E-state index in [1.54, 1.807) is 55.8 Å². The molecule has 10 heteroatoms. The fourth-order valence-corrected chi connectivity index (χ4v) is 3.56. The van der Waals surface area contributed by atoms with Crippen molar-refractivity contribution in [2.75, 3.05) is 27.3 Å². The van der Waals surface area contributed by atoms with Crippen molar-refractivity contribution in [1.82, 2.24) is 10.6 Å². The van der Waals surface area contributed by atoms with Gasteiger partial charge in [-0.3, -0.25) is 0 Å². The molecule has 0 saturated heterocycles. The van der Waals surface area contributed by atoms with Crippen LogP contribution in [-0.4, -0.2) is 50.7 Å². The summed E-state index contributed by atoms with van der Waals surface area (Å²) in [6, 6.07) is 15.2. The van der Waals surface area contributed by atoms with Gasteiger partial charge in [-0.15, -0.1) is 0 Å². The van der Waals surface area contributed by atoms with Gasteiger partial charge in [0.15, 0.2) is 0 Å². The summed E-state index contributed by atoms with van der Waals surface area (Å²) < 4.78 is 46.2. The summed E-state index contributed by atoms with van der Waals surface area (Å²) in [5.74, 6) is 1.58. The fourth-order valence-electron chi connectivity index (χ4n) is 3.56. The van der Waals surface area contributed by atoms with Crippen molar-refractivity contribution in [3.8, 4) is 11.5 Å². The molecule has 0 aromatic heterocycles. The molecule has 0 bridgehead atoms. The maximum atomic E-state index is 12.9. The minimum Gasteiger partial charge on any atom is -0.497 e.